The number of amides is 1. The van der Waals surface area contributed by atoms with Gasteiger partial charge in [0.15, 0.2) is 0 Å². The zero-order valence-corrected chi connectivity index (χ0v) is 12.3. The highest BCUT2D eigenvalue weighted by Gasteiger charge is 2.24. The van der Waals surface area contributed by atoms with Crippen LogP contribution < -0.4 is 10.5 Å². The monoisotopic (exact) mass is 264 g/mol. The lowest BCUT2D eigenvalue weighted by Crippen LogP contribution is -2.42. The lowest BCUT2D eigenvalue weighted by atomic mass is 9.93. The van der Waals surface area contributed by atoms with Gasteiger partial charge in [0.25, 0.3) is 5.91 Å². The number of nitrogens with two attached hydrogens (primary N) is 1. The van der Waals surface area contributed by atoms with Gasteiger partial charge >= 0.3 is 0 Å². The van der Waals surface area contributed by atoms with E-state index in [9.17, 15) is 4.79 Å². The molecule has 1 aromatic rings. The zero-order chi connectivity index (χ0) is 14.5. The van der Waals surface area contributed by atoms with E-state index in [-0.39, 0.29) is 11.3 Å². The second-order valence-corrected chi connectivity index (χ2v) is 5.39. The van der Waals surface area contributed by atoms with E-state index in [4.69, 9.17) is 10.5 Å². The van der Waals surface area contributed by atoms with Crippen LogP contribution in [-0.4, -0.2) is 37.6 Å². The number of methoxy groups -OCH3 is 1. The standard InChI is InChI=1S/C15H24N2O2/c1-5-17(11-15(2,3)10-16)14(18)12-8-6-7-9-13(12)19-4/h6-9H,5,10-11,16H2,1-4H3. The normalized spacial score (nSPS) is 11.2. The van der Waals surface area contributed by atoms with Gasteiger partial charge in [0, 0.05) is 13.1 Å². The van der Waals surface area contributed by atoms with Crippen molar-refractivity contribution in [3.8, 4) is 5.75 Å². The van der Waals surface area contributed by atoms with Crippen molar-refractivity contribution in [2.24, 2.45) is 11.1 Å². The number of benzene rings is 1. The minimum atomic E-state index is -0.0896. The summed E-state index contributed by atoms with van der Waals surface area (Å²) in [5, 5.41) is 0. The quantitative estimate of drug-likeness (QED) is 0.856. The van der Waals surface area contributed by atoms with Crippen LogP contribution in [0.2, 0.25) is 0 Å². The number of rotatable bonds is 6. The van der Waals surface area contributed by atoms with Crippen LogP contribution in [0.4, 0.5) is 0 Å². The van der Waals surface area contributed by atoms with Gasteiger partial charge < -0.3 is 15.4 Å². The number of hydrogen-bond acceptors (Lipinski definition) is 3. The van der Waals surface area contributed by atoms with Crippen molar-refractivity contribution in [1.29, 1.82) is 0 Å². The molecule has 1 amide bonds. The van der Waals surface area contributed by atoms with E-state index in [1.165, 1.54) is 0 Å². The van der Waals surface area contributed by atoms with Crippen LogP contribution in [0.1, 0.15) is 31.1 Å². The predicted molar refractivity (Wildman–Crippen MR) is 77.4 cm³/mol. The van der Waals surface area contributed by atoms with E-state index in [2.05, 4.69) is 13.8 Å². The number of carbonyl (C=O) groups excluding carboxylic acids is 1. The fourth-order valence-corrected chi connectivity index (χ4v) is 1.90. The van der Waals surface area contributed by atoms with Crippen molar-refractivity contribution in [3.63, 3.8) is 0 Å². The molecule has 2 N–H and O–H groups in total. The molecule has 0 atom stereocenters. The first-order chi connectivity index (χ1) is 8.95. The van der Waals surface area contributed by atoms with Crippen molar-refractivity contribution >= 4 is 5.91 Å². The minimum absolute atomic E-state index is 0.0125. The summed E-state index contributed by atoms with van der Waals surface area (Å²) < 4.78 is 5.25. The summed E-state index contributed by atoms with van der Waals surface area (Å²) in [6.45, 7) is 7.93. The minimum Gasteiger partial charge on any atom is -0.496 e. The molecule has 0 heterocycles. The average molecular weight is 264 g/mol. The average Bonchev–Trinajstić information content (AvgIpc) is 2.44. The maximum absolute atomic E-state index is 12.6. The van der Waals surface area contributed by atoms with Crippen LogP contribution in [0.15, 0.2) is 24.3 Å². The summed E-state index contributed by atoms with van der Waals surface area (Å²) in [6, 6.07) is 7.29. The summed E-state index contributed by atoms with van der Waals surface area (Å²) in [6.07, 6.45) is 0. The predicted octanol–water partition coefficient (Wildman–Crippen LogP) is 2.14. The number of nitrogens with zero attached hydrogens (tertiary/aromatic N) is 1. The fraction of sp³-hybridized carbons (Fsp3) is 0.533. The van der Waals surface area contributed by atoms with Crippen LogP contribution >= 0.6 is 0 Å². The van der Waals surface area contributed by atoms with Crippen LogP contribution in [-0.2, 0) is 0 Å². The van der Waals surface area contributed by atoms with E-state index in [0.717, 1.165) is 0 Å². The highest BCUT2D eigenvalue weighted by Crippen LogP contribution is 2.22. The molecule has 0 saturated heterocycles. The molecule has 0 bridgehead atoms. The lowest BCUT2D eigenvalue weighted by molar-refractivity contribution is 0.0697. The Morgan fingerprint density at radius 3 is 2.53 bits per heavy atom. The molecule has 0 aliphatic heterocycles. The van der Waals surface area contributed by atoms with Gasteiger partial charge in [0.05, 0.1) is 12.7 Å². The molecule has 106 valence electrons. The Kier molecular flexibility index (Phi) is 5.36. The summed E-state index contributed by atoms with van der Waals surface area (Å²) in [4.78, 5) is 14.4. The third-order valence-electron chi connectivity index (χ3n) is 3.18. The number of carbonyl (C=O) groups is 1. The van der Waals surface area contributed by atoms with Gasteiger partial charge in [-0.05, 0) is 31.0 Å². The molecular weight excluding hydrogens is 240 g/mol. The Morgan fingerprint density at radius 2 is 2.00 bits per heavy atom. The van der Waals surface area contributed by atoms with Gasteiger partial charge in [-0.25, -0.2) is 0 Å². The van der Waals surface area contributed by atoms with Gasteiger partial charge in [-0.1, -0.05) is 26.0 Å². The van der Waals surface area contributed by atoms with Crippen LogP contribution in [0, 0.1) is 5.41 Å². The Hall–Kier alpha value is -1.55. The number of ether oxygens (including phenoxy) is 1. The fourth-order valence-electron chi connectivity index (χ4n) is 1.90. The largest absolute Gasteiger partial charge is 0.496 e. The van der Waals surface area contributed by atoms with Crippen molar-refractivity contribution in [1.82, 2.24) is 4.90 Å². The third kappa shape index (κ3) is 3.96. The molecule has 0 unspecified atom stereocenters. The maximum atomic E-state index is 12.6. The van der Waals surface area contributed by atoms with Gasteiger partial charge in [0.2, 0.25) is 0 Å². The van der Waals surface area contributed by atoms with E-state index in [1.54, 1.807) is 19.2 Å². The van der Waals surface area contributed by atoms with Gasteiger partial charge in [-0.15, -0.1) is 0 Å². The van der Waals surface area contributed by atoms with E-state index in [1.807, 2.05) is 24.0 Å². The molecule has 19 heavy (non-hydrogen) atoms. The smallest absolute Gasteiger partial charge is 0.257 e. The molecule has 0 radical (unpaired) electrons. The highest BCUT2D eigenvalue weighted by atomic mass is 16.5. The maximum Gasteiger partial charge on any atom is 0.257 e. The summed E-state index contributed by atoms with van der Waals surface area (Å²) >= 11 is 0. The second-order valence-electron chi connectivity index (χ2n) is 5.39. The first-order valence-corrected chi connectivity index (χ1v) is 6.57. The molecule has 0 fully saturated rings. The van der Waals surface area contributed by atoms with Crippen molar-refractivity contribution < 1.29 is 9.53 Å². The van der Waals surface area contributed by atoms with Crippen molar-refractivity contribution in [2.45, 2.75) is 20.8 Å². The molecule has 0 spiro atoms. The summed E-state index contributed by atoms with van der Waals surface area (Å²) in [5.41, 5.74) is 6.25. The van der Waals surface area contributed by atoms with Crippen LogP contribution in [0.5, 0.6) is 5.75 Å². The zero-order valence-electron chi connectivity index (χ0n) is 12.3. The Labute approximate surface area is 115 Å². The number of hydrogen-bond donors (Lipinski definition) is 1. The lowest BCUT2D eigenvalue weighted by Gasteiger charge is -2.31. The van der Waals surface area contributed by atoms with E-state index in [0.29, 0.717) is 30.9 Å². The molecule has 0 saturated carbocycles. The molecule has 0 aromatic heterocycles. The van der Waals surface area contributed by atoms with E-state index < -0.39 is 0 Å². The molecule has 1 rings (SSSR count). The summed E-state index contributed by atoms with van der Waals surface area (Å²) in [7, 11) is 1.58. The van der Waals surface area contributed by atoms with Gasteiger partial charge in [-0.3, -0.25) is 4.79 Å². The van der Waals surface area contributed by atoms with Crippen molar-refractivity contribution in [3.05, 3.63) is 29.8 Å². The van der Waals surface area contributed by atoms with Gasteiger partial charge in [0.1, 0.15) is 5.75 Å². The molecule has 0 aliphatic rings. The molecule has 1 aromatic carbocycles. The second kappa shape index (κ2) is 6.57. The molecular formula is C15H24N2O2. The first-order valence-electron chi connectivity index (χ1n) is 6.57. The number of para-hydroxylation sites is 1. The van der Waals surface area contributed by atoms with Crippen LogP contribution in [0.25, 0.3) is 0 Å². The molecule has 4 heteroatoms. The Bertz CT molecular complexity index is 430. The Balaban J connectivity index is 2.96. The Morgan fingerprint density at radius 1 is 1.37 bits per heavy atom. The molecule has 4 nitrogen and oxygen atoms in total. The molecule has 0 aliphatic carbocycles. The first kappa shape index (κ1) is 15.5. The van der Waals surface area contributed by atoms with Gasteiger partial charge in [-0.2, -0.15) is 0 Å². The van der Waals surface area contributed by atoms with Crippen LogP contribution in [0.3, 0.4) is 0 Å². The van der Waals surface area contributed by atoms with Crippen molar-refractivity contribution in [2.75, 3.05) is 26.7 Å². The summed E-state index contributed by atoms with van der Waals surface area (Å²) in [5.74, 6) is 0.595. The SMILES string of the molecule is CCN(CC(C)(C)CN)C(=O)c1ccccc1OC. The third-order valence-corrected chi connectivity index (χ3v) is 3.18. The van der Waals surface area contributed by atoms with E-state index >= 15 is 0 Å². The highest BCUT2D eigenvalue weighted by molar-refractivity contribution is 5.96. The topological polar surface area (TPSA) is 55.6 Å².